The van der Waals surface area contributed by atoms with Gasteiger partial charge in [-0.25, -0.2) is 0 Å². The fourth-order valence-corrected chi connectivity index (χ4v) is 2.43. The van der Waals surface area contributed by atoms with Gasteiger partial charge in [0.05, 0.1) is 20.8 Å². The highest BCUT2D eigenvalue weighted by Gasteiger charge is 2.13. The van der Waals surface area contributed by atoms with Crippen LogP contribution in [0.1, 0.15) is 24.2 Å². The Morgan fingerprint density at radius 1 is 0.917 bits per heavy atom. The largest absolute Gasteiger partial charge is 0.326 e. The monoisotopic (exact) mass is 384 g/mol. The summed E-state index contributed by atoms with van der Waals surface area (Å²) in [5, 5.41) is 6.29. The molecule has 0 saturated heterocycles. The summed E-state index contributed by atoms with van der Waals surface area (Å²) in [6, 6.07) is 9.55. The van der Waals surface area contributed by atoms with E-state index in [0.29, 0.717) is 22.0 Å². The predicted molar refractivity (Wildman–Crippen MR) is 99.3 cm³/mol. The predicted octanol–water partition coefficient (Wildman–Crippen LogP) is 5.49. The molecule has 7 heteroatoms. The molecular weight excluding hydrogens is 371 g/mol. The smallest absolute Gasteiger partial charge is 0.255 e. The first-order valence-electron chi connectivity index (χ1n) is 7.14. The number of hydrogen-bond acceptors (Lipinski definition) is 2. The Bertz CT molecular complexity index is 791. The zero-order valence-electron chi connectivity index (χ0n) is 13.0. The number of benzene rings is 2. The zero-order chi connectivity index (χ0) is 17.9. The van der Waals surface area contributed by atoms with Crippen LogP contribution in [-0.2, 0) is 4.79 Å². The van der Waals surface area contributed by atoms with E-state index in [2.05, 4.69) is 10.6 Å². The van der Waals surface area contributed by atoms with Crippen molar-refractivity contribution in [3.63, 3.8) is 0 Å². The van der Waals surface area contributed by atoms with Crippen LogP contribution in [0.5, 0.6) is 0 Å². The van der Waals surface area contributed by atoms with Crippen LogP contribution in [0.4, 0.5) is 11.4 Å². The van der Waals surface area contributed by atoms with Crippen molar-refractivity contribution >= 4 is 58.0 Å². The molecule has 2 aromatic rings. The molecule has 0 radical (unpaired) electrons. The van der Waals surface area contributed by atoms with Crippen LogP contribution in [-0.4, -0.2) is 11.8 Å². The molecule has 0 bridgehead atoms. The molecule has 2 amide bonds. The van der Waals surface area contributed by atoms with Crippen LogP contribution in [0.2, 0.25) is 15.1 Å². The van der Waals surface area contributed by atoms with Gasteiger partial charge in [-0.05, 0) is 30.3 Å². The minimum atomic E-state index is -0.379. The van der Waals surface area contributed by atoms with Crippen LogP contribution >= 0.6 is 34.8 Å². The second-order valence-electron chi connectivity index (χ2n) is 5.43. The summed E-state index contributed by atoms with van der Waals surface area (Å²) in [5.41, 5.74) is 1.27. The minimum absolute atomic E-state index is 0.125. The molecule has 0 aliphatic carbocycles. The summed E-state index contributed by atoms with van der Waals surface area (Å²) in [7, 11) is 0. The van der Waals surface area contributed by atoms with Crippen molar-refractivity contribution in [2.45, 2.75) is 13.8 Å². The second kappa shape index (κ2) is 7.88. The topological polar surface area (TPSA) is 58.2 Å². The van der Waals surface area contributed by atoms with E-state index in [-0.39, 0.29) is 27.8 Å². The average molecular weight is 386 g/mol. The molecule has 0 saturated carbocycles. The first kappa shape index (κ1) is 18.6. The van der Waals surface area contributed by atoms with Crippen molar-refractivity contribution in [2.24, 2.45) is 5.92 Å². The van der Waals surface area contributed by atoms with Gasteiger partial charge in [0.25, 0.3) is 5.91 Å². The maximum atomic E-state index is 12.4. The first-order chi connectivity index (χ1) is 11.3. The van der Waals surface area contributed by atoms with E-state index in [9.17, 15) is 9.59 Å². The van der Waals surface area contributed by atoms with E-state index >= 15 is 0 Å². The molecule has 2 aromatic carbocycles. The van der Waals surface area contributed by atoms with Gasteiger partial charge in [-0.1, -0.05) is 54.7 Å². The highest BCUT2D eigenvalue weighted by atomic mass is 35.5. The van der Waals surface area contributed by atoms with Gasteiger partial charge < -0.3 is 10.6 Å². The number of hydrogen-bond donors (Lipinski definition) is 2. The van der Waals surface area contributed by atoms with Crippen molar-refractivity contribution in [1.29, 1.82) is 0 Å². The van der Waals surface area contributed by atoms with Crippen molar-refractivity contribution < 1.29 is 9.59 Å². The number of anilines is 2. The Hall–Kier alpha value is -1.75. The lowest BCUT2D eigenvalue weighted by Crippen LogP contribution is -2.18. The first-order valence-corrected chi connectivity index (χ1v) is 8.28. The molecule has 0 heterocycles. The molecule has 0 aliphatic rings. The molecule has 2 N–H and O–H groups in total. The summed E-state index contributed by atoms with van der Waals surface area (Å²) < 4.78 is 0. The van der Waals surface area contributed by atoms with Crippen molar-refractivity contribution in [3.8, 4) is 0 Å². The third-order valence-corrected chi connectivity index (χ3v) is 4.21. The van der Waals surface area contributed by atoms with E-state index in [4.69, 9.17) is 34.8 Å². The van der Waals surface area contributed by atoms with Gasteiger partial charge in [0, 0.05) is 17.2 Å². The molecule has 24 heavy (non-hydrogen) atoms. The molecule has 0 fully saturated rings. The van der Waals surface area contributed by atoms with Gasteiger partial charge >= 0.3 is 0 Å². The van der Waals surface area contributed by atoms with Crippen LogP contribution < -0.4 is 10.6 Å². The summed E-state index contributed by atoms with van der Waals surface area (Å²) in [5.74, 6) is -0.659. The van der Waals surface area contributed by atoms with Crippen molar-refractivity contribution in [1.82, 2.24) is 0 Å². The van der Waals surface area contributed by atoms with E-state index in [0.717, 1.165) is 0 Å². The standard InChI is InChI=1S/C17H15Cl3N2O2/c1-9(2)16(23)21-11-5-3-4-10(6-11)17(24)22-15-8-13(19)12(18)7-14(15)20/h3-9H,1-2H3,(H,21,23)(H,22,24). The van der Waals surface area contributed by atoms with E-state index < -0.39 is 0 Å². The molecular formula is C17H15Cl3N2O2. The van der Waals surface area contributed by atoms with Gasteiger partial charge in [-0.3, -0.25) is 9.59 Å². The Morgan fingerprint density at radius 2 is 1.58 bits per heavy atom. The lowest BCUT2D eigenvalue weighted by Gasteiger charge is -2.11. The van der Waals surface area contributed by atoms with Gasteiger partial charge in [0.2, 0.25) is 5.91 Å². The average Bonchev–Trinajstić information content (AvgIpc) is 2.52. The molecule has 0 atom stereocenters. The second-order valence-corrected chi connectivity index (χ2v) is 6.65. The normalized spacial score (nSPS) is 10.6. The van der Waals surface area contributed by atoms with Crippen LogP contribution in [0, 0.1) is 5.92 Å². The fourth-order valence-electron chi connectivity index (χ4n) is 1.84. The molecule has 126 valence electrons. The Kier molecular flexibility index (Phi) is 6.10. The molecule has 0 aromatic heterocycles. The summed E-state index contributed by atoms with van der Waals surface area (Å²) >= 11 is 17.9. The Balaban J connectivity index is 2.19. The van der Waals surface area contributed by atoms with Gasteiger partial charge in [-0.2, -0.15) is 0 Å². The number of amides is 2. The summed E-state index contributed by atoms with van der Waals surface area (Å²) in [6.07, 6.45) is 0. The third kappa shape index (κ3) is 4.63. The Morgan fingerprint density at radius 3 is 2.25 bits per heavy atom. The third-order valence-electron chi connectivity index (χ3n) is 3.17. The zero-order valence-corrected chi connectivity index (χ0v) is 15.3. The number of carbonyl (C=O) groups is 2. The maximum Gasteiger partial charge on any atom is 0.255 e. The lowest BCUT2D eigenvalue weighted by molar-refractivity contribution is -0.118. The van der Waals surface area contributed by atoms with Gasteiger partial charge in [0.1, 0.15) is 0 Å². The lowest BCUT2D eigenvalue weighted by atomic mass is 10.1. The highest BCUT2D eigenvalue weighted by molar-refractivity contribution is 6.44. The summed E-state index contributed by atoms with van der Waals surface area (Å²) in [6.45, 7) is 3.58. The van der Waals surface area contributed by atoms with Crippen molar-refractivity contribution in [2.75, 3.05) is 10.6 Å². The highest BCUT2D eigenvalue weighted by Crippen LogP contribution is 2.32. The quantitative estimate of drug-likeness (QED) is 0.683. The van der Waals surface area contributed by atoms with Crippen LogP contribution in [0.25, 0.3) is 0 Å². The van der Waals surface area contributed by atoms with E-state index in [1.165, 1.54) is 12.1 Å². The molecule has 2 rings (SSSR count). The van der Waals surface area contributed by atoms with E-state index in [1.807, 2.05) is 0 Å². The van der Waals surface area contributed by atoms with Crippen LogP contribution in [0.3, 0.4) is 0 Å². The minimum Gasteiger partial charge on any atom is -0.326 e. The molecule has 0 aliphatic heterocycles. The number of halogens is 3. The number of rotatable bonds is 4. The SMILES string of the molecule is CC(C)C(=O)Nc1cccc(C(=O)Nc2cc(Cl)c(Cl)cc2Cl)c1. The maximum absolute atomic E-state index is 12.4. The number of carbonyl (C=O) groups excluding carboxylic acids is 2. The van der Waals surface area contributed by atoms with E-state index in [1.54, 1.807) is 38.1 Å². The van der Waals surface area contributed by atoms with Gasteiger partial charge in [-0.15, -0.1) is 0 Å². The molecule has 0 unspecified atom stereocenters. The van der Waals surface area contributed by atoms with Crippen LogP contribution in [0.15, 0.2) is 36.4 Å². The summed E-state index contributed by atoms with van der Waals surface area (Å²) in [4.78, 5) is 24.1. The van der Waals surface area contributed by atoms with Crippen molar-refractivity contribution in [3.05, 3.63) is 57.0 Å². The fraction of sp³-hybridized carbons (Fsp3) is 0.176. The molecule has 0 spiro atoms. The van der Waals surface area contributed by atoms with Gasteiger partial charge in [0.15, 0.2) is 0 Å². The number of nitrogens with one attached hydrogen (secondary N) is 2. The molecule has 4 nitrogen and oxygen atoms in total. The Labute approximate surface area is 155 Å².